The van der Waals surface area contributed by atoms with Crippen LogP contribution in [0.15, 0.2) is 48.5 Å². The first-order valence-electron chi connectivity index (χ1n) is 13.1. The lowest BCUT2D eigenvalue weighted by molar-refractivity contribution is -0.142. The first kappa shape index (κ1) is 27.2. The Morgan fingerprint density at radius 3 is 2.50 bits per heavy atom. The number of anilines is 2. The Labute approximate surface area is 236 Å². The second-order valence-electron chi connectivity index (χ2n) is 11.1. The molecule has 5 rings (SSSR count). The van der Waals surface area contributed by atoms with Gasteiger partial charge in [-0.1, -0.05) is 60.1 Å². The summed E-state index contributed by atoms with van der Waals surface area (Å²) in [6.45, 7) is 7.53. The molecule has 0 radical (unpaired) electrons. The van der Waals surface area contributed by atoms with E-state index in [4.69, 9.17) is 0 Å². The molecule has 2 aromatic rings. The standard InChI is InChI=1S/C29H34BrN3O4S/c1-15(2)21(14-34)33-25(27(36)32-20-12-16(3)10-11-17(20)4)29-13-19(30)24(38-29)22(23(29)28(33)37)26(35)31-18-8-6-5-7-9-18/h5-12,15,19,21-25,34H,13-14H2,1-4H3,(H,31,35)(H,32,36)/t19?,21-,22+,23-,24+,25?,29?/m0/s1. The van der Waals surface area contributed by atoms with E-state index in [1.165, 1.54) is 0 Å². The second-order valence-corrected chi connectivity index (χ2v) is 13.8. The first-order valence-corrected chi connectivity index (χ1v) is 14.9. The highest BCUT2D eigenvalue weighted by Gasteiger charge is 2.76. The number of fused-ring (bicyclic) bond motifs is 1. The van der Waals surface area contributed by atoms with Crippen LogP contribution in [0.2, 0.25) is 0 Å². The van der Waals surface area contributed by atoms with Gasteiger partial charge >= 0.3 is 0 Å². The number of aryl methyl sites for hydroxylation is 2. The van der Waals surface area contributed by atoms with Crippen LogP contribution in [0, 0.1) is 31.6 Å². The fraction of sp³-hybridized carbons (Fsp3) is 0.483. The predicted octanol–water partition coefficient (Wildman–Crippen LogP) is 4.36. The van der Waals surface area contributed by atoms with Gasteiger partial charge in [-0.2, -0.15) is 0 Å². The Morgan fingerprint density at radius 2 is 1.84 bits per heavy atom. The molecule has 7 nitrogen and oxygen atoms in total. The smallest absolute Gasteiger partial charge is 0.248 e. The number of likely N-dealkylation sites (tertiary alicyclic amines) is 1. The van der Waals surface area contributed by atoms with Crippen molar-refractivity contribution in [1.29, 1.82) is 0 Å². The van der Waals surface area contributed by atoms with Gasteiger partial charge in [0.15, 0.2) is 0 Å². The minimum atomic E-state index is -0.816. The molecular formula is C29H34BrN3O4S. The molecule has 3 amide bonds. The Morgan fingerprint density at radius 1 is 1.13 bits per heavy atom. The average Bonchev–Trinajstić information content (AvgIpc) is 3.46. The number of nitrogens with one attached hydrogen (secondary N) is 2. The van der Waals surface area contributed by atoms with Crippen LogP contribution in [-0.2, 0) is 14.4 Å². The molecule has 38 heavy (non-hydrogen) atoms. The van der Waals surface area contributed by atoms with Crippen molar-refractivity contribution in [3.63, 3.8) is 0 Å². The molecule has 202 valence electrons. The molecule has 3 N–H and O–H groups in total. The highest BCUT2D eigenvalue weighted by atomic mass is 79.9. The number of benzene rings is 2. The average molecular weight is 601 g/mol. The number of alkyl halides is 1. The summed E-state index contributed by atoms with van der Waals surface area (Å²) in [6.07, 6.45) is 0.589. The lowest BCUT2D eigenvalue weighted by atomic mass is 9.70. The van der Waals surface area contributed by atoms with Crippen molar-refractivity contribution in [2.24, 2.45) is 17.8 Å². The van der Waals surface area contributed by atoms with Gasteiger partial charge in [-0.15, -0.1) is 11.8 Å². The zero-order valence-electron chi connectivity index (χ0n) is 22.0. The zero-order valence-corrected chi connectivity index (χ0v) is 24.4. The van der Waals surface area contributed by atoms with Gasteiger partial charge in [0.2, 0.25) is 17.7 Å². The summed E-state index contributed by atoms with van der Waals surface area (Å²) in [5, 5.41) is 16.3. The number of aliphatic hydroxyl groups excluding tert-OH is 1. The number of nitrogens with zero attached hydrogens (tertiary/aromatic N) is 1. The van der Waals surface area contributed by atoms with Crippen molar-refractivity contribution in [3.05, 3.63) is 59.7 Å². The molecule has 0 aliphatic carbocycles. The van der Waals surface area contributed by atoms with Gasteiger partial charge in [0, 0.05) is 21.5 Å². The van der Waals surface area contributed by atoms with E-state index in [9.17, 15) is 19.5 Å². The molecule has 0 aromatic heterocycles. The van der Waals surface area contributed by atoms with Gasteiger partial charge in [-0.3, -0.25) is 14.4 Å². The summed E-state index contributed by atoms with van der Waals surface area (Å²) >= 11 is 5.39. The van der Waals surface area contributed by atoms with Crippen LogP contribution in [0.3, 0.4) is 0 Å². The van der Waals surface area contributed by atoms with Crippen LogP contribution in [0.1, 0.15) is 31.4 Å². The summed E-state index contributed by atoms with van der Waals surface area (Å²) in [4.78, 5) is 43.7. The Bertz CT molecular complexity index is 1260. The van der Waals surface area contributed by atoms with Crippen molar-refractivity contribution < 1.29 is 19.5 Å². The molecule has 3 aliphatic rings. The Balaban J connectivity index is 1.56. The van der Waals surface area contributed by atoms with E-state index in [0.717, 1.165) is 11.1 Å². The van der Waals surface area contributed by atoms with E-state index in [1.807, 2.05) is 76.2 Å². The Hall–Kier alpha value is -2.36. The fourth-order valence-electron chi connectivity index (χ4n) is 6.46. The molecule has 3 fully saturated rings. The van der Waals surface area contributed by atoms with Crippen LogP contribution in [0.25, 0.3) is 0 Å². The quantitative estimate of drug-likeness (QED) is 0.411. The van der Waals surface area contributed by atoms with E-state index < -0.39 is 28.7 Å². The van der Waals surface area contributed by atoms with Gasteiger partial charge in [0.25, 0.3) is 0 Å². The number of carbonyl (C=O) groups excluding carboxylic acids is 3. The number of aliphatic hydroxyl groups is 1. The highest BCUT2D eigenvalue weighted by Crippen LogP contribution is 2.68. The number of amides is 3. The maximum atomic E-state index is 14.3. The number of hydrogen-bond donors (Lipinski definition) is 3. The summed E-state index contributed by atoms with van der Waals surface area (Å²) in [5.74, 6) is -2.03. The highest BCUT2D eigenvalue weighted by molar-refractivity contribution is 9.09. The summed E-state index contributed by atoms with van der Waals surface area (Å²) in [5.41, 5.74) is 3.33. The maximum absolute atomic E-state index is 14.3. The van der Waals surface area contributed by atoms with Gasteiger partial charge in [-0.25, -0.2) is 0 Å². The predicted molar refractivity (Wildman–Crippen MR) is 154 cm³/mol. The SMILES string of the molecule is Cc1ccc(C)c(NC(=O)C2N([C@@H](CO)C(C)C)C(=O)[C@@H]3[C@@H](C(=O)Nc4ccccc4)[C@@H]4SC23CC4Br)c1. The maximum Gasteiger partial charge on any atom is 0.248 e. The molecule has 3 saturated heterocycles. The summed E-state index contributed by atoms with van der Waals surface area (Å²) in [6, 6.07) is 13.8. The second kappa shape index (κ2) is 10.3. The molecule has 1 spiro atoms. The van der Waals surface area contributed by atoms with Gasteiger partial charge in [0.05, 0.1) is 29.2 Å². The van der Waals surface area contributed by atoms with Crippen LogP contribution in [-0.4, -0.2) is 61.2 Å². The third-order valence-corrected chi connectivity index (χ3v) is 11.5. The first-order chi connectivity index (χ1) is 18.1. The fourth-order valence-corrected chi connectivity index (χ4v) is 10.1. The molecular weight excluding hydrogens is 566 g/mol. The summed E-state index contributed by atoms with van der Waals surface area (Å²) < 4.78 is -0.779. The normalized spacial score (nSPS) is 30.4. The largest absolute Gasteiger partial charge is 0.394 e. The third kappa shape index (κ3) is 4.36. The molecule has 3 heterocycles. The number of halogens is 1. The lowest BCUT2D eigenvalue weighted by Crippen LogP contribution is -2.56. The zero-order chi connectivity index (χ0) is 27.4. The number of rotatable bonds is 7. The van der Waals surface area contributed by atoms with E-state index in [2.05, 4.69) is 26.6 Å². The number of carbonyl (C=O) groups is 3. The van der Waals surface area contributed by atoms with Crippen molar-refractivity contribution in [2.45, 2.75) is 61.0 Å². The molecule has 9 heteroatoms. The number of para-hydroxylation sites is 1. The minimum Gasteiger partial charge on any atom is -0.394 e. The molecule has 3 aliphatic heterocycles. The number of hydrogen-bond acceptors (Lipinski definition) is 5. The van der Waals surface area contributed by atoms with E-state index in [0.29, 0.717) is 17.8 Å². The molecule has 2 bridgehead atoms. The Kier molecular flexibility index (Phi) is 7.39. The van der Waals surface area contributed by atoms with Gasteiger partial charge in [0.1, 0.15) is 6.04 Å². The van der Waals surface area contributed by atoms with Crippen LogP contribution in [0.4, 0.5) is 11.4 Å². The minimum absolute atomic E-state index is 0.0225. The number of thioether (sulfide) groups is 1. The van der Waals surface area contributed by atoms with Gasteiger partial charge < -0.3 is 20.6 Å². The monoisotopic (exact) mass is 599 g/mol. The topological polar surface area (TPSA) is 98.7 Å². The van der Waals surface area contributed by atoms with Crippen molar-refractivity contribution in [2.75, 3.05) is 17.2 Å². The summed E-state index contributed by atoms with van der Waals surface area (Å²) in [7, 11) is 0. The van der Waals surface area contributed by atoms with E-state index >= 15 is 0 Å². The van der Waals surface area contributed by atoms with Gasteiger partial charge in [-0.05, 0) is 55.5 Å². The van der Waals surface area contributed by atoms with Crippen molar-refractivity contribution in [1.82, 2.24) is 4.90 Å². The molecule has 3 unspecified atom stereocenters. The van der Waals surface area contributed by atoms with Crippen molar-refractivity contribution in [3.8, 4) is 0 Å². The van der Waals surface area contributed by atoms with Crippen LogP contribution >= 0.6 is 27.7 Å². The van der Waals surface area contributed by atoms with Crippen LogP contribution in [0.5, 0.6) is 0 Å². The van der Waals surface area contributed by atoms with Crippen molar-refractivity contribution >= 4 is 56.8 Å². The molecule has 2 aromatic carbocycles. The van der Waals surface area contributed by atoms with E-state index in [1.54, 1.807) is 16.7 Å². The van der Waals surface area contributed by atoms with E-state index in [-0.39, 0.29) is 40.3 Å². The molecule has 7 atom stereocenters. The van der Waals surface area contributed by atoms with Crippen LogP contribution < -0.4 is 10.6 Å². The third-order valence-electron chi connectivity index (χ3n) is 8.28. The molecule has 0 saturated carbocycles. The lowest BCUT2D eigenvalue weighted by Gasteiger charge is -2.38.